The molecule has 1 fully saturated rings. The van der Waals surface area contributed by atoms with Crippen molar-refractivity contribution in [3.05, 3.63) is 70.1 Å². The molecule has 28 heavy (non-hydrogen) atoms. The lowest BCUT2D eigenvalue weighted by molar-refractivity contribution is 0.0952. The molecule has 3 aromatic rings. The van der Waals surface area contributed by atoms with E-state index < -0.39 is 5.69 Å². The summed E-state index contributed by atoms with van der Waals surface area (Å²) < 4.78 is 0. The van der Waals surface area contributed by atoms with Crippen LogP contribution in [0.1, 0.15) is 28.8 Å². The second-order valence-corrected chi connectivity index (χ2v) is 7.22. The molecule has 1 aromatic heterocycles. The van der Waals surface area contributed by atoms with Crippen LogP contribution in [-0.2, 0) is 0 Å². The summed E-state index contributed by atoms with van der Waals surface area (Å²) in [5.74, 6) is 0.691. The van der Waals surface area contributed by atoms with E-state index in [9.17, 15) is 14.7 Å². The average molecular weight is 375 g/mol. The number of benzene rings is 2. The van der Waals surface area contributed by atoms with Crippen molar-refractivity contribution >= 4 is 5.91 Å². The van der Waals surface area contributed by atoms with Gasteiger partial charge in [0.15, 0.2) is 0 Å². The van der Waals surface area contributed by atoms with Gasteiger partial charge in [0.1, 0.15) is 5.75 Å². The molecular weight excluding hydrogens is 354 g/mol. The third-order valence-corrected chi connectivity index (χ3v) is 4.92. The minimum Gasteiger partial charge on any atom is -0.508 e. The first kappa shape index (κ1) is 18.0. The molecule has 0 unspecified atom stereocenters. The highest BCUT2D eigenvalue weighted by Gasteiger charge is 2.22. The number of hydrogen-bond donors (Lipinski definition) is 3. The molecule has 1 aliphatic rings. The van der Waals surface area contributed by atoms with Gasteiger partial charge in [-0.1, -0.05) is 12.1 Å². The van der Waals surface area contributed by atoms with Crippen LogP contribution in [0.3, 0.4) is 0 Å². The predicted molar refractivity (Wildman–Crippen MR) is 107 cm³/mol. The molecule has 4 rings (SSSR count). The minimum atomic E-state index is -0.471. The largest absolute Gasteiger partial charge is 0.508 e. The van der Waals surface area contributed by atoms with Gasteiger partial charge in [0.2, 0.25) is 0 Å². The molecule has 0 atom stereocenters. The highest BCUT2D eigenvalue weighted by Crippen LogP contribution is 2.28. The van der Waals surface area contributed by atoms with E-state index >= 15 is 0 Å². The van der Waals surface area contributed by atoms with E-state index in [1.54, 1.807) is 49.4 Å². The van der Waals surface area contributed by atoms with Crippen molar-refractivity contribution in [2.75, 3.05) is 6.54 Å². The first-order valence-electron chi connectivity index (χ1n) is 9.29. The summed E-state index contributed by atoms with van der Waals surface area (Å²) in [6.45, 7) is 2.50. The molecule has 142 valence electrons. The van der Waals surface area contributed by atoms with Crippen LogP contribution in [0.2, 0.25) is 0 Å². The van der Waals surface area contributed by atoms with Gasteiger partial charge in [0.05, 0.1) is 11.4 Å². The number of amides is 1. The van der Waals surface area contributed by atoms with Crippen LogP contribution in [0.25, 0.3) is 22.5 Å². The van der Waals surface area contributed by atoms with E-state index in [0.717, 1.165) is 5.56 Å². The monoisotopic (exact) mass is 375 g/mol. The van der Waals surface area contributed by atoms with Crippen molar-refractivity contribution in [1.29, 1.82) is 0 Å². The molecule has 1 amide bonds. The zero-order valence-corrected chi connectivity index (χ0v) is 15.5. The normalized spacial score (nSPS) is 13.3. The maximum atomic E-state index is 12.4. The standard InChI is InChI=1S/C22H21N3O3/c1-13-9-16(7-8-20(13)26)19-11-18(24-22(28)25-19)15-3-2-4-17(10-15)21(27)23-12-14-5-6-14/h2-4,7-11,14,26H,5-6,12H2,1H3,(H,23,27)(H,24,25,28). The SMILES string of the molecule is Cc1cc(-c2cc(-c3cccc(C(=O)NCC4CC4)c3)nc(=O)[nH]2)ccc1O. The second kappa shape index (κ2) is 7.31. The molecule has 1 heterocycles. The number of aromatic amines is 1. The van der Waals surface area contributed by atoms with Crippen LogP contribution in [0.15, 0.2) is 53.3 Å². The fourth-order valence-corrected chi connectivity index (χ4v) is 3.06. The zero-order valence-electron chi connectivity index (χ0n) is 15.5. The molecule has 0 aliphatic heterocycles. The number of nitrogens with one attached hydrogen (secondary N) is 2. The maximum Gasteiger partial charge on any atom is 0.345 e. The number of phenolic OH excluding ortho intramolecular Hbond substituents is 1. The quantitative estimate of drug-likeness (QED) is 0.638. The van der Waals surface area contributed by atoms with Crippen LogP contribution >= 0.6 is 0 Å². The first-order chi connectivity index (χ1) is 13.5. The van der Waals surface area contributed by atoms with Crippen LogP contribution in [0.4, 0.5) is 0 Å². The summed E-state index contributed by atoms with van der Waals surface area (Å²) in [6, 6.07) is 14.0. The Bertz CT molecular complexity index is 1100. The summed E-state index contributed by atoms with van der Waals surface area (Å²) in [7, 11) is 0. The fraction of sp³-hybridized carbons (Fsp3) is 0.227. The van der Waals surface area contributed by atoms with Crippen LogP contribution in [0.5, 0.6) is 5.75 Å². The number of rotatable bonds is 5. The van der Waals surface area contributed by atoms with E-state index in [1.165, 1.54) is 12.8 Å². The average Bonchev–Trinajstić information content (AvgIpc) is 3.52. The predicted octanol–water partition coefficient (Wildman–Crippen LogP) is 3.26. The van der Waals surface area contributed by atoms with Gasteiger partial charge in [-0.25, -0.2) is 4.79 Å². The number of carbonyl (C=O) groups is 1. The number of aromatic hydroxyl groups is 1. The summed E-state index contributed by atoms with van der Waals surface area (Å²) in [4.78, 5) is 31.3. The van der Waals surface area contributed by atoms with Gasteiger partial charge in [-0.2, -0.15) is 4.98 Å². The van der Waals surface area contributed by atoms with Crippen molar-refractivity contribution < 1.29 is 9.90 Å². The van der Waals surface area contributed by atoms with Crippen LogP contribution in [-0.4, -0.2) is 27.5 Å². The number of aromatic nitrogens is 2. The summed E-state index contributed by atoms with van der Waals surface area (Å²) in [6.07, 6.45) is 2.35. The van der Waals surface area contributed by atoms with Gasteiger partial charge in [-0.15, -0.1) is 0 Å². The Balaban J connectivity index is 1.66. The molecule has 3 N–H and O–H groups in total. The zero-order chi connectivity index (χ0) is 19.7. The van der Waals surface area contributed by atoms with Crippen LogP contribution < -0.4 is 11.0 Å². The third-order valence-electron chi connectivity index (χ3n) is 4.92. The Hall–Kier alpha value is -3.41. The molecule has 0 saturated heterocycles. The van der Waals surface area contributed by atoms with Crippen molar-refractivity contribution in [2.24, 2.45) is 5.92 Å². The number of carbonyl (C=O) groups excluding carboxylic acids is 1. The summed E-state index contributed by atoms with van der Waals surface area (Å²) in [5, 5.41) is 12.7. The van der Waals surface area contributed by atoms with Crippen molar-refractivity contribution in [1.82, 2.24) is 15.3 Å². The highest BCUT2D eigenvalue weighted by atomic mass is 16.3. The first-order valence-corrected chi connectivity index (χ1v) is 9.29. The van der Waals surface area contributed by atoms with E-state index in [-0.39, 0.29) is 11.7 Å². The fourth-order valence-electron chi connectivity index (χ4n) is 3.06. The van der Waals surface area contributed by atoms with E-state index in [2.05, 4.69) is 15.3 Å². The summed E-state index contributed by atoms with van der Waals surface area (Å²) >= 11 is 0. The second-order valence-electron chi connectivity index (χ2n) is 7.22. The Morgan fingerprint density at radius 3 is 2.75 bits per heavy atom. The number of nitrogens with zero attached hydrogens (tertiary/aromatic N) is 1. The molecular formula is C22H21N3O3. The molecule has 6 nitrogen and oxygen atoms in total. The highest BCUT2D eigenvalue weighted by molar-refractivity contribution is 5.95. The van der Waals surface area contributed by atoms with Gasteiger partial charge >= 0.3 is 5.69 Å². The van der Waals surface area contributed by atoms with E-state index in [4.69, 9.17) is 0 Å². The third kappa shape index (κ3) is 3.96. The Morgan fingerprint density at radius 2 is 2.00 bits per heavy atom. The lowest BCUT2D eigenvalue weighted by Crippen LogP contribution is -2.25. The van der Waals surface area contributed by atoms with Gasteiger partial charge in [-0.3, -0.25) is 4.79 Å². The molecule has 0 radical (unpaired) electrons. The smallest absolute Gasteiger partial charge is 0.345 e. The summed E-state index contributed by atoms with van der Waals surface area (Å²) in [5.41, 5.74) is 3.34. The topological polar surface area (TPSA) is 95.1 Å². The Morgan fingerprint density at radius 1 is 1.18 bits per heavy atom. The van der Waals surface area contributed by atoms with E-state index in [0.29, 0.717) is 40.5 Å². The van der Waals surface area contributed by atoms with Crippen LogP contribution in [0, 0.1) is 12.8 Å². The molecule has 0 spiro atoms. The number of phenols is 1. The number of hydrogen-bond acceptors (Lipinski definition) is 4. The van der Waals surface area contributed by atoms with Gasteiger partial charge in [0, 0.05) is 17.7 Å². The maximum absolute atomic E-state index is 12.4. The molecule has 6 heteroatoms. The lowest BCUT2D eigenvalue weighted by atomic mass is 10.0. The molecule has 2 aromatic carbocycles. The van der Waals surface area contributed by atoms with Gasteiger partial charge in [0.25, 0.3) is 5.91 Å². The lowest BCUT2D eigenvalue weighted by Gasteiger charge is -2.08. The van der Waals surface area contributed by atoms with Crippen molar-refractivity contribution in [3.63, 3.8) is 0 Å². The Kier molecular flexibility index (Phi) is 4.69. The Labute approximate surface area is 162 Å². The minimum absolute atomic E-state index is 0.118. The van der Waals surface area contributed by atoms with Gasteiger partial charge < -0.3 is 15.4 Å². The molecule has 0 bridgehead atoms. The molecule has 1 saturated carbocycles. The van der Waals surface area contributed by atoms with E-state index in [1.807, 2.05) is 6.07 Å². The van der Waals surface area contributed by atoms with Crippen molar-refractivity contribution in [3.8, 4) is 28.3 Å². The van der Waals surface area contributed by atoms with Gasteiger partial charge in [-0.05, 0) is 73.2 Å². The molecule has 1 aliphatic carbocycles. The van der Waals surface area contributed by atoms with Crippen molar-refractivity contribution in [2.45, 2.75) is 19.8 Å². The number of aryl methyl sites for hydroxylation is 1. The number of H-pyrrole nitrogens is 1.